The molecule has 0 spiro atoms. The van der Waals surface area contributed by atoms with Crippen LogP contribution in [0.2, 0.25) is 0 Å². The standard InChI is InChI=1S/C41H26OS/c1-2-14-30(15-3-1)41(34-18-4-6-20-36(34)42-37-21-7-5-19-35(37)41)31-16-8-13-28(25-31)29-23-24-38-33(26-29)32-17-9-11-27-12-10-22-39(43-38)40(27)32/h1-26H. The highest BCUT2D eigenvalue weighted by atomic mass is 32.2. The fourth-order valence-corrected chi connectivity index (χ4v) is 8.28. The lowest BCUT2D eigenvalue weighted by atomic mass is 9.63. The molecule has 2 heterocycles. The van der Waals surface area contributed by atoms with Crippen molar-refractivity contribution in [2.45, 2.75) is 15.2 Å². The Kier molecular flexibility index (Phi) is 5.41. The molecule has 202 valence electrons. The van der Waals surface area contributed by atoms with Gasteiger partial charge in [0.05, 0.1) is 5.41 Å². The van der Waals surface area contributed by atoms with E-state index in [1.165, 1.54) is 53.9 Å². The van der Waals surface area contributed by atoms with Crippen molar-refractivity contribution in [1.82, 2.24) is 0 Å². The van der Waals surface area contributed by atoms with E-state index in [4.69, 9.17) is 4.74 Å². The predicted octanol–water partition coefficient (Wildman–Crippen LogP) is 11.1. The van der Waals surface area contributed by atoms with Crippen molar-refractivity contribution in [3.8, 4) is 33.8 Å². The van der Waals surface area contributed by atoms with Crippen molar-refractivity contribution < 1.29 is 4.74 Å². The van der Waals surface area contributed by atoms with Crippen molar-refractivity contribution >= 4 is 22.5 Å². The lowest BCUT2D eigenvalue weighted by molar-refractivity contribution is 0.434. The monoisotopic (exact) mass is 566 g/mol. The van der Waals surface area contributed by atoms with Crippen molar-refractivity contribution in [3.05, 3.63) is 180 Å². The van der Waals surface area contributed by atoms with Gasteiger partial charge in [0.15, 0.2) is 0 Å². The lowest BCUT2D eigenvalue weighted by Crippen LogP contribution is -2.34. The largest absolute Gasteiger partial charge is 0.457 e. The van der Waals surface area contributed by atoms with Crippen LogP contribution >= 0.6 is 11.8 Å². The topological polar surface area (TPSA) is 9.23 Å². The number of rotatable bonds is 3. The normalized spacial score (nSPS) is 13.9. The molecule has 43 heavy (non-hydrogen) atoms. The molecule has 0 aromatic heterocycles. The molecule has 7 aromatic carbocycles. The molecular formula is C41H26OS. The maximum Gasteiger partial charge on any atom is 0.132 e. The highest BCUT2D eigenvalue weighted by molar-refractivity contribution is 7.99. The van der Waals surface area contributed by atoms with E-state index in [1.54, 1.807) is 0 Å². The molecular weight excluding hydrogens is 541 g/mol. The summed E-state index contributed by atoms with van der Waals surface area (Å²) in [6.07, 6.45) is 0. The summed E-state index contributed by atoms with van der Waals surface area (Å²) in [4.78, 5) is 2.64. The molecule has 1 nitrogen and oxygen atoms in total. The van der Waals surface area contributed by atoms with Gasteiger partial charge in [-0.2, -0.15) is 0 Å². The average Bonchev–Trinajstić information content (AvgIpc) is 3.08. The molecule has 0 saturated carbocycles. The molecule has 0 radical (unpaired) electrons. The van der Waals surface area contributed by atoms with E-state index in [0.29, 0.717) is 0 Å². The lowest BCUT2D eigenvalue weighted by Gasteiger charge is -2.41. The number of hydrogen-bond donors (Lipinski definition) is 0. The number of ether oxygens (including phenoxy) is 1. The Morgan fingerprint density at radius 1 is 0.442 bits per heavy atom. The molecule has 0 N–H and O–H groups in total. The molecule has 2 aliphatic heterocycles. The highest BCUT2D eigenvalue weighted by Crippen LogP contribution is 2.55. The average molecular weight is 567 g/mol. The van der Waals surface area contributed by atoms with E-state index in [2.05, 4.69) is 158 Å². The number of hydrogen-bond acceptors (Lipinski definition) is 2. The van der Waals surface area contributed by atoms with Crippen LogP contribution in [0.5, 0.6) is 11.5 Å². The first kappa shape index (κ1) is 24.5. The van der Waals surface area contributed by atoms with Gasteiger partial charge < -0.3 is 4.74 Å². The molecule has 0 fully saturated rings. The van der Waals surface area contributed by atoms with Crippen LogP contribution < -0.4 is 4.74 Å². The maximum atomic E-state index is 6.51. The van der Waals surface area contributed by atoms with Crippen LogP contribution in [0.15, 0.2) is 168 Å². The summed E-state index contributed by atoms with van der Waals surface area (Å²) in [5.41, 5.74) is 9.26. The first-order valence-electron chi connectivity index (χ1n) is 14.7. The second-order valence-corrected chi connectivity index (χ2v) is 12.3. The van der Waals surface area contributed by atoms with Crippen LogP contribution in [0.1, 0.15) is 22.3 Å². The van der Waals surface area contributed by atoms with Gasteiger partial charge in [0.25, 0.3) is 0 Å². The second kappa shape index (κ2) is 9.49. The third-order valence-corrected chi connectivity index (χ3v) is 10.1. The molecule has 0 saturated heterocycles. The van der Waals surface area contributed by atoms with Crippen molar-refractivity contribution in [2.24, 2.45) is 0 Å². The van der Waals surface area contributed by atoms with Gasteiger partial charge in [-0.1, -0.05) is 133 Å². The van der Waals surface area contributed by atoms with E-state index >= 15 is 0 Å². The van der Waals surface area contributed by atoms with Crippen LogP contribution in [0.25, 0.3) is 33.0 Å². The zero-order valence-electron chi connectivity index (χ0n) is 23.3. The van der Waals surface area contributed by atoms with E-state index in [0.717, 1.165) is 22.6 Å². The van der Waals surface area contributed by atoms with Gasteiger partial charge in [-0.05, 0) is 75.2 Å². The molecule has 2 heteroatoms. The number of para-hydroxylation sites is 2. The van der Waals surface area contributed by atoms with Crippen molar-refractivity contribution in [1.29, 1.82) is 0 Å². The Balaban J connectivity index is 1.28. The van der Waals surface area contributed by atoms with E-state index in [9.17, 15) is 0 Å². The number of benzene rings is 7. The molecule has 0 amide bonds. The first-order chi connectivity index (χ1) is 21.3. The van der Waals surface area contributed by atoms with E-state index in [1.807, 2.05) is 11.8 Å². The fraction of sp³-hybridized carbons (Fsp3) is 0.0244. The van der Waals surface area contributed by atoms with Gasteiger partial charge in [0.2, 0.25) is 0 Å². The molecule has 0 bridgehead atoms. The summed E-state index contributed by atoms with van der Waals surface area (Å²) < 4.78 is 6.51. The highest BCUT2D eigenvalue weighted by Gasteiger charge is 2.45. The van der Waals surface area contributed by atoms with Gasteiger partial charge in [-0.15, -0.1) is 0 Å². The molecule has 2 aliphatic rings. The van der Waals surface area contributed by atoms with E-state index in [-0.39, 0.29) is 0 Å². The summed E-state index contributed by atoms with van der Waals surface area (Å²) in [6.45, 7) is 0. The van der Waals surface area contributed by atoms with Crippen LogP contribution in [-0.4, -0.2) is 0 Å². The minimum atomic E-state index is -0.530. The minimum Gasteiger partial charge on any atom is -0.457 e. The third-order valence-electron chi connectivity index (χ3n) is 8.99. The zero-order valence-corrected chi connectivity index (χ0v) is 24.1. The van der Waals surface area contributed by atoms with Crippen LogP contribution in [0, 0.1) is 0 Å². The van der Waals surface area contributed by atoms with E-state index < -0.39 is 5.41 Å². The summed E-state index contributed by atoms with van der Waals surface area (Å²) in [5, 5.41) is 2.65. The second-order valence-electron chi connectivity index (χ2n) is 11.3. The Hall–Kier alpha value is -5.05. The summed E-state index contributed by atoms with van der Waals surface area (Å²) in [7, 11) is 0. The fourth-order valence-electron chi connectivity index (χ4n) is 7.15. The quantitative estimate of drug-likeness (QED) is 0.210. The molecule has 0 aliphatic carbocycles. The van der Waals surface area contributed by atoms with Crippen LogP contribution in [0.4, 0.5) is 0 Å². The smallest absolute Gasteiger partial charge is 0.132 e. The van der Waals surface area contributed by atoms with Gasteiger partial charge in [0, 0.05) is 26.3 Å². The SMILES string of the molecule is c1ccc(C2(c3cccc(-c4ccc5c(c4)-c4cccc6cccc(c46)S5)c3)c3ccccc3Oc3ccccc32)cc1. The summed E-state index contributed by atoms with van der Waals surface area (Å²) >= 11 is 1.87. The molecule has 0 unspecified atom stereocenters. The number of fused-ring (bicyclic) bond motifs is 4. The summed E-state index contributed by atoms with van der Waals surface area (Å²) in [6, 6.07) is 57.2. The third kappa shape index (κ3) is 3.60. The first-order valence-corrected chi connectivity index (χ1v) is 15.5. The Morgan fingerprint density at radius 3 is 1.88 bits per heavy atom. The predicted molar refractivity (Wildman–Crippen MR) is 177 cm³/mol. The Labute approximate surface area is 255 Å². The molecule has 7 aromatic rings. The Bertz CT molecular complexity index is 2150. The van der Waals surface area contributed by atoms with Gasteiger partial charge in [-0.25, -0.2) is 0 Å². The maximum absolute atomic E-state index is 6.51. The van der Waals surface area contributed by atoms with Crippen LogP contribution in [-0.2, 0) is 5.41 Å². The van der Waals surface area contributed by atoms with Crippen LogP contribution in [0.3, 0.4) is 0 Å². The van der Waals surface area contributed by atoms with Crippen molar-refractivity contribution in [3.63, 3.8) is 0 Å². The van der Waals surface area contributed by atoms with Crippen molar-refractivity contribution in [2.75, 3.05) is 0 Å². The summed E-state index contributed by atoms with van der Waals surface area (Å²) in [5.74, 6) is 1.79. The molecule has 9 rings (SSSR count). The zero-order chi connectivity index (χ0) is 28.4. The minimum absolute atomic E-state index is 0.530. The van der Waals surface area contributed by atoms with Gasteiger partial charge >= 0.3 is 0 Å². The van der Waals surface area contributed by atoms with Gasteiger partial charge in [-0.3, -0.25) is 0 Å². The van der Waals surface area contributed by atoms with Gasteiger partial charge in [0.1, 0.15) is 11.5 Å². The molecule has 0 atom stereocenters. The Morgan fingerprint density at radius 2 is 1.09 bits per heavy atom.